The molecule has 2 N–H and O–H groups in total. The molecule has 0 spiro atoms. The van der Waals surface area contributed by atoms with E-state index in [2.05, 4.69) is 4.72 Å². The van der Waals surface area contributed by atoms with Crippen LogP contribution in [0.15, 0.2) is 57.2 Å². The van der Waals surface area contributed by atoms with E-state index in [4.69, 9.17) is 16.0 Å². The van der Waals surface area contributed by atoms with Crippen LogP contribution in [0.1, 0.15) is 11.9 Å². The Morgan fingerprint density at radius 3 is 2.76 bits per heavy atom. The third kappa shape index (κ3) is 4.10. The highest BCUT2D eigenvalue weighted by Crippen LogP contribution is 2.28. The largest absolute Gasteiger partial charge is 0.457 e. The van der Waals surface area contributed by atoms with Gasteiger partial charge < -0.3 is 9.52 Å². The standard InChI is InChI=1S/C16H13ClFNO4S2/c17-11-8-10(3-4-12(11)18)25(21,22)19-9-13(20)14-5-6-15(23-14)16-2-1-7-24-16/h1-8,13,19-20H,9H2. The van der Waals surface area contributed by atoms with Crippen LogP contribution in [0.25, 0.3) is 10.6 Å². The van der Waals surface area contributed by atoms with Gasteiger partial charge in [-0.2, -0.15) is 0 Å². The fraction of sp³-hybridized carbons (Fsp3) is 0.125. The van der Waals surface area contributed by atoms with Crippen LogP contribution in [0.2, 0.25) is 5.02 Å². The predicted octanol–water partition coefficient (Wildman–Crippen LogP) is 3.81. The molecule has 1 aromatic carbocycles. The van der Waals surface area contributed by atoms with Crippen LogP contribution < -0.4 is 4.72 Å². The number of benzene rings is 1. The molecule has 0 bridgehead atoms. The Morgan fingerprint density at radius 2 is 2.08 bits per heavy atom. The minimum atomic E-state index is -3.94. The van der Waals surface area contributed by atoms with Crippen molar-refractivity contribution >= 4 is 33.0 Å². The average molecular weight is 402 g/mol. The Bertz CT molecular complexity index is 970. The molecule has 1 unspecified atom stereocenters. The summed E-state index contributed by atoms with van der Waals surface area (Å²) < 4.78 is 45.3. The third-order valence-corrected chi connectivity index (χ3v) is 5.98. The van der Waals surface area contributed by atoms with Crippen LogP contribution in [0.5, 0.6) is 0 Å². The zero-order valence-corrected chi connectivity index (χ0v) is 15.0. The van der Waals surface area contributed by atoms with E-state index in [0.717, 1.165) is 23.1 Å². The summed E-state index contributed by atoms with van der Waals surface area (Å²) in [7, 11) is -3.94. The van der Waals surface area contributed by atoms with E-state index in [1.54, 1.807) is 12.1 Å². The highest BCUT2D eigenvalue weighted by molar-refractivity contribution is 7.89. The van der Waals surface area contributed by atoms with E-state index in [1.807, 2.05) is 17.5 Å². The zero-order valence-electron chi connectivity index (χ0n) is 12.6. The van der Waals surface area contributed by atoms with Gasteiger partial charge in [0.25, 0.3) is 0 Å². The van der Waals surface area contributed by atoms with Gasteiger partial charge in [-0.3, -0.25) is 0 Å². The fourth-order valence-corrected chi connectivity index (χ4v) is 4.10. The quantitative estimate of drug-likeness (QED) is 0.658. The molecular formula is C16H13ClFNO4S2. The van der Waals surface area contributed by atoms with Crippen molar-refractivity contribution in [2.75, 3.05) is 6.54 Å². The van der Waals surface area contributed by atoms with Gasteiger partial charge in [0.15, 0.2) is 0 Å². The zero-order chi connectivity index (χ0) is 18.0. The SMILES string of the molecule is O=S(=O)(NCC(O)c1ccc(-c2cccs2)o1)c1ccc(F)c(Cl)c1. The lowest BCUT2D eigenvalue weighted by atomic mass is 10.3. The summed E-state index contributed by atoms with van der Waals surface area (Å²) >= 11 is 7.09. The molecule has 2 heterocycles. The van der Waals surface area contributed by atoms with E-state index >= 15 is 0 Å². The van der Waals surface area contributed by atoms with Crippen molar-refractivity contribution in [3.63, 3.8) is 0 Å². The van der Waals surface area contributed by atoms with Gasteiger partial charge in [0.1, 0.15) is 23.4 Å². The van der Waals surface area contributed by atoms with Gasteiger partial charge in [0, 0.05) is 6.54 Å². The smallest absolute Gasteiger partial charge is 0.240 e. The van der Waals surface area contributed by atoms with Crippen LogP contribution >= 0.6 is 22.9 Å². The normalized spacial score (nSPS) is 13.1. The molecule has 0 saturated heterocycles. The van der Waals surface area contributed by atoms with Crippen molar-refractivity contribution < 1.29 is 22.3 Å². The number of halogens is 2. The van der Waals surface area contributed by atoms with Gasteiger partial charge in [0.05, 0.1) is 14.8 Å². The molecule has 0 aliphatic rings. The summed E-state index contributed by atoms with van der Waals surface area (Å²) in [5.74, 6) is 0.123. The van der Waals surface area contributed by atoms with Gasteiger partial charge in [-0.1, -0.05) is 17.7 Å². The second-order valence-corrected chi connectivity index (χ2v) is 8.24. The first-order valence-corrected chi connectivity index (χ1v) is 9.87. The van der Waals surface area contributed by atoms with E-state index in [1.165, 1.54) is 11.3 Å². The van der Waals surface area contributed by atoms with Gasteiger partial charge >= 0.3 is 0 Å². The highest BCUT2D eigenvalue weighted by atomic mass is 35.5. The maximum absolute atomic E-state index is 13.1. The van der Waals surface area contributed by atoms with Crippen LogP contribution in [0.4, 0.5) is 4.39 Å². The summed E-state index contributed by atoms with van der Waals surface area (Å²) in [5, 5.41) is 11.7. The van der Waals surface area contributed by atoms with Crippen LogP contribution in [-0.4, -0.2) is 20.1 Å². The summed E-state index contributed by atoms with van der Waals surface area (Å²) in [4.78, 5) is 0.713. The molecule has 3 aromatic rings. The minimum Gasteiger partial charge on any atom is -0.457 e. The van der Waals surface area contributed by atoms with Crippen LogP contribution in [-0.2, 0) is 10.0 Å². The van der Waals surface area contributed by atoms with Crippen molar-refractivity contribution in [2.24, 2.45) is 0 Å². The minimum absolute atomic E-state index is 0.190. The lowest BCUT2D eigenvalue weighted by Gasteiger charge is -2.11. The molecule has 0 amide bonds. The molecule has 0 aliphatic heterocycles. The number of aliphatic hydroxyl groups excluding tert-OH is 1. The molecule has 3 rings (SSSR count). The molecule has 0 radical (unpaired) electrons. The number of thiophene rings is 1. The Labute approximate surface area is 152 Å². The number of furan rings is 1. The Morgan fingerprint density at radius 1 is 1.28 bits per heavy atom. The van der Waals surface area contributed by atoms with E-state index in [0.29, 0.717) is 5.76 Å². The number of sulfonamides is 1. The van der Waals surface area contributed by atoms with Gasteiger partial charge in [-0.05, 0) is 41.8 Å². The van der Waals surface area contributed by atoms with E-state index in [9.17, 15) is 17.9 Å². The molecule has 5 nitrogen and oxygen atoms in total. The van der Waals surface area contributed by atoms with Crippen molar-refractivity contribution in [3.05, 3.63) is 64.4 Å². The van der Waals surface area contributed by atoms with E-state index < -0.39 is 21.9 Å². The number of hydrogen-bond donors (Lipinski definition) is 2. The van der Waals surface area contributed by atoms with Gasteiger partial charge in [0.2, 0.25) is 10.0 Å². The first-order valence-electron chi connectivity index (χ1n) is 7.13. The monoisotopic (exact) mass is 401 g/mol. The van der Waals surface area contributed by atoms with Gasteiger partial charge in [-0.25, -0.2) is 17.5 Å². The number of aliphatic hydroxyl groups is 1. The Hall–Kier alpha value is -1.71. The Kier molecular flexibility index (Phi) is 5.26. The molecule has 0 aliphatic carbocycles. The molecule has 0 fully saturated rings. The van der Waals surface area contributed by atoms with Crippen LogP contribution in [0, 0.1) is 5.82 Å². The van der Waals surface area contributed by atoms with Crippen molar-refractivity contribution in [3.8, 4) is 10.6 Å². The second-order valence-electron chi connectivity index (χ2n) is 5.12. The molecule has 132 valence electrons. The molecule has 0 saturated carbocycles. The lowest BCUT2D eigenvalue weighted by molar-refractivity contribution is 0.155. The molecular weight excluding hydrogens is 389 g/mol. The highest BCUT2D eigenvalue weighted by Gasteiger charge is 2.20. The molecule has 9 heteroatoms. The Balaban J connectivity index is 1.69. The summed E-state index contributed by atoms with van der Waals surface area (Å²) in [6, 6.07) is 10.1. The van der Waals surface area contributed by atoms with Crippen molar-refractivity contribution in [1.82, 2.24) is 4.72 Å². The first-order chi connectivity index (χ1) is 11.9. The molecule has 1 atom stereocenters. The number of nitrogens with one attached hydrogen (secondary N) is 1. The third-order valence-electron chi connectivity index (χ3n) is 3.39. The summed E-state index contributed by atoms with van der Waals surface area (Å²) in [5.41, 5.74) is 0. The lowest BCUT2D eigenvalue weighted by Crippen LogP contribution is -2.28. The van der Waals surface area contributed by atoms with Crippen LogP contribution in [0.3, 0.4) is 0 Å². The second kappa shape index (κ2) is 7.27. The van der Waals surface area contributed by atoms with E-state index in [-0.39, 0.29) is 22.2 Å². The van der Waals surface area contributed by atoms with Crippen molar-refractivity contribution in [2.45, 2.75) is 11.0 Å². The number of rotatable bonds is 6. The van der Waals surface area contributed by atoms with Crippen molar-refractivity contribution in [1.29, 1.82) is 0 Å². The molecule has 25 heavy (non-hydrogen) atoms. The van der Waals surface area contributed by atoms with Gasteiger partial charge in [-0.15, -0.1) is 11.3 Å². The maximum Gasteiger partial charge on any atom is 0.240 e. The molecule has 2 aromatic heterocycles. The summed E-state index contributed by atoms with van der Waals surface area (Å²) in [6.07, 6.45) is -1.17. The predicted molar refractivity (Wildman–Crippen MR) is 93.6 cm³/mol. The summed E-state index contributed by atoms with van der Waals surface area (Å²) in [6.45, 7) is -0.297. The number of hydrogen-bond acceptors (Lipinski definition) is 5. The topological polar surface area (TPSA) is 79.5 Å². The average Bonchev–Trinajstić information content (AvgIpc) is 3.26. The first kappa shape index (κ1) is 18.1. The fourth-order valence-electron chi connectivity index (χ4n) is 2.10. The maximum atomic E-state index is 13.1.